The van der Waals surface area contributed by atoms with E-state index in [2.05, 4.69) is 5.32 Å². The number of halogens is 1. The summed E-state index contributed by atoms with van der Waals surface area (Å²) < 4.78 is 18.1. The zero-order valence-electron chi connectivity index (χ0n) is 15.3. The molecule has 1 N–H and O–H groups in total. The van der Waals surface area contributed by atoms with Crippen LogP contribution < -0.4 is 10.1 Å². The number of carbonyl (C=O) groups is 2. The largest absolute Gasteiger partial charge is 0.497 e. The van der Waals surface area contributed by atoms with Gasteiger partial charge in [-0.25, -0.2) is 4.39 Å². The van der Waals surface area contributed by atoms with Gasteiger partial charge in [0.2, 0.25) is 5.91 Å². The first-order valence-electron chi connectivity index (χ1n) is 9.02. The van der Waals surface area contributed by atoms with E-state index < -0.39 is 0 Å². The molecule has 27 heavy (non-hydrogen) atoms. The van der Waals surface area contributed by atoms with Crippen LogP contribution in [0.25, 0.3) is 0 Å². The van der Waals surface area contributed by atoms with Crippen LogP contribution >= 0.6 is 0 Å². The highest BCUT2D eigenvalue weighted by Gasteiger charge is 2.24. The second-order valence-electron chi connectivity index (χ2n) is 6.66. The summed E-state index contributed by atoms with van der Waals surface area (Å²) in [6.45, 7) is 1.20. The molecule has 6 heteroatoms. The summed E-state index contributed by atoms with van der Waals surface area (Å²) in [5.74, 6) is 0.229. The van der Waals surface area contributed by atoms with Gasteiger partial charge in [0, 0.05) is 24.7 Å². The minimum absolute atomic E-state index is 0.0270. The van der Waals surface area contributed by atoms with Crippen LogP contribution in [0, 0.1) is 5.82 Å². The molecule has 1 heterocycles. The van der Waals surface area contributed by atoms with Crippen molar-refractivity contribution in [3.05, 3.63) is 65.5 Å². The number of ether oxygens (including phenoxy) is 1. The van der Waals surface area contributed by atoms with Crippen LogP contribution in [0.15, 0.2) is 48.5 Å². The van der Waals surface area contributed by atoms with Crippen LogP contribution in [0.3, 0.4) is 0 Å². The first-order chi connectivity index (χ1) is 13.0. The summed E-state index contributed by atoms with van der Waals surface area (Å²) in [6.07, 6.45) is 1.69. The summed E-state index contributed by atoms with van der Waals surface area (Å²) in [7, 11) is 1.57. The van der Waals surface area contributed by atoms with Gasteiger partial charge in [-0.1, -0.05) is 18.2 Å². The molecule has 1 aliphatic heterocycles. The smallest absolute Gasteiger partial charge is 0.251 e. The highest BCUT2D eigenvalue weighted by molar-refractivity contribution is 5.94. The molecule has 142 valence electrons. The Balaban J connectivity index is 1.48. The van der Waals surface area contributed by atoms with Crippen LogP contribution in [-0.2, 0) is 11.2 Å². The van der Waals surface area contributed by atoms with Crippen molar-refractivity contribution in [1.82, 2.24) is 10.2 Å². The van der Waals surface area contributed by atoms with Crippen molar-refractivity contribution < 1.29 is 18.7 Å². The predicted molar refractivity (Wildman–Crippen MR) is 100 cm³/mol. The highest BCUT2D eigenvalue weighted by Crippen LogP contribution is 2.16. The molecule has 3 rings (SSSR count). The van der Waals surface area contributed by atoms with E-state index in [0.29, 0.717) is 37.2 Å². The normalized spacial score (nSPS) is 14.7. The Kier molecular flexibility index (Phi) is 6.06. The fraction of sp³-hybridized carbons (Fsp3) is 0.333. The summed E-state index contributed by atoms with van der Waals surface area (Å²) in [5, 5.41) is 3.03. The zero-order valence-corrected chi connectivity index (χ0v) is 15.3. The molecular weight excluding hydrogens is 347 g/mol. The number of nitrogens with zero attached hydrogens (tertiary/aromatic N) is 1. The molecule has 5 nitrogen and oxygen atoms in total. The van der Waals surface area contributed by atoms with E-state index in [1.807, 2.05) is 0 Å². The Labute approximate surface area is 158 Å². The molecule has 2 aromatic carbocycles. The lowest BCUT2D eigenvalue weighted by Gasteiger charge is -2.32. The van der Waals surface area contributed by atoms with Crippen LogP contribution in [0.1, 0.15) is 28.8 Å². The third-order valence-electron chi connectivity index (χ3n) is 4.78. The summed E-state index contributed by atoms with van der Waals surface area (Å²) >= 11 is 0. The van der Waals surface area contributed by atoms with Crippen molar-refractivity contribution in [2.75, 3.05) is 20.2 Å². The molecule has 0 spiro atoms. The van der Waals surface area contributed by atoms with Gasteiger partial charge < -0.3 is 15.0 Å². The molecule has 1 saturated heterocycles. The van der Waals surface area contributed by atoms with Crippen molar-refractivity contribution in [3.63, 3.8) is 0 Å². The van der Waals surface area contributed by atoms with Crippen molar-refractivity contribution in [3.8, 4) is 5.75 Å². The van der Waals surface area contributed by atoms with Crippen molar-refractivity contribution in [1.29, 1.82) is 0 Å². The Morgan fingerprint density at radius 2 is 1.85 bits per heavy atom. The van der Waals surface area contributed by atoms with Crippen molar-refractivity contribution in [2.45, 2.75) is 25.3 Å². The van der Waals surface area contributed by atoms with E-state index in [1.165, 1.54) is 12.1 Å². The molecular formula is C21H23FN2O3. The van der Waals surface area contributed by atoms with Crippen molar-refractivity contribution >= 4 is 11.8 Å². The second kappa shape index (κ2) is 8.66. The maximum Gasteiger partial charge on any atom is 0.251 e. The van der Waals surface area contributed by atoms with E-state index >= 15 is 0 Å². The molecule has 0 aliphatic carbocycles. The molecule has 0 radical (unpaired) electrons. The minimum atomic E-state index is -0.307. The maximum atomic E-state index is 13.0. The van der Waals surface area contributed by atoms with E-state index in [0.717, 1.165) is 5.56 Å². The molecule has 2 aromatic rings. The second-order valence-corrected chi connectivity index (χ2v) is 6.66. The van der Waals surface area contributed by atoms with Gasteiger partial charge in [0.25, 0.3) is 5.91 Å². The van der Waals surface area contributed by atoms with E-state index in [1.54, 1.807) is 48.4 Å². The zero-order chi connectivity index (χ0) is 19.2. The maximum absolute atomic E-state index is 13.0. The number of carbonyl (C=O) groups excluding carboxylic acids is 2. The number of likely N-dealkylation sites (tertiary alicyclic amines) is 1. The number of piperidine rings is 1. The monoisotopic (exact) mass is 370 g/mol. The first kappa shape index (κ1) is 18.9. The summed E-state index contributed by atoms with van der Waals surface area (Å²) in [5.41, 5.74) is 1.36. The number of hydrogen-bond acceptors (Lipinski definition) is 3. The molecule has 0 saturated carbocycles. The lowest BCUT2D eigenvalue weighted by atomic mass is 10.0. The van der Waals surface area contributed by atoms with Gasteiger partial charge >= 0.3 is 0 Å². The van der Waals surface area contributed by atoms with Gasteiger partial charge in [-0.05, 0) is 48.7 Å². The molecule has 0 atom stereocenters. The molecule has 2 amide bonds. The van der Waals surface area contributed by atoms with Gasteiger partial charge in [-0.2, -0.15) is 0 Å². The molecule has 1 fully saturated rings. The molecule has 1 aliphatic rings. The van der Waals surface area contributed by atoms with E-state index in [-0.39, 0.29) is 30.1 Å². The minimum Gasteiger partial charge on any atom is -0.497 e. The number of nitrogens with one attached hydrogen (secondary N) is 1. The number of amides is 2. The average Bonchev–Trinajstić information content (AvgIpc) is 2.70. The number of methoxy groups -OCH3 is 1. The van der Waals surface area contributed by atoms with Crippen LogP contribution in [0.2, 0.25) is 0 Å². The lowest BCUT2D eigenvalue weighted by Crippen LogP contribution is -2.47. The van der Waals surface area contributed by atoms with Gasteiger partial charge in [-0.15, -0.1) is 0 Å². The van der Waals surface area contributed by atoms with Gasteiger partial charge in [0.1, 0.15) is 11.6 Å². The molecule has 0 unspecified atom stereocenters. The fourth-order valence-electron chi connectivity index (χ4n) is 3.19. The Morgan fingerprint density at radius 3 is 2.52 bits per heavy atom. The van der Waals surface area contributed by atoms with Crippen molar-refractivity contribution in [2.24, 2.45) is 0 Å². The third-order valence-corrected chi connectivity index (χ3v) is 4.78. The van der Waals surface area contributed by atoms with Gasteiger partial charge in [-0.3, -0.25) is 9.59 Å². The Hall–Kier alpha value is -2.89. The lowest BCUT2D eigenvalue weighted by molar-refractivity contribution is -0.131. The number of benzene rings is 2. The summed E-state index contributed by atoms with van der Waals surface area (Å²) in [4.78, 5) is 26.6. The van der Waals surface area contributed by atoms with E-state index in [9.17, 15) is 14.0 Å². The fourth-order valence-corrected chi connectivity index (χ4v) is 3.19. The predicted octanol–water partition coefficient (Wildman–Crippen LogP) is 2.80. The summed E-state index contributed by atoms with van der Waals surface area (Å²) in [6, 6.07) is 13.1. The van der Waals surface area contributed by atoms with Crippen LogP contribution in [-0.4, -0.2) is 43.0 Å². The quantitative estimate of drug-likeness (QED) is 0.881. The first-order valence-corrected chi connectivity index (χ1v) is 9.02. The number of hydrogen-bond donors (Lipinski definition) is 1. The van der Waals surface area contributed by atoms with Gasteiger partial charge in [0.15, 0.2) is 0 Å². The molecule has 0 bridgehead atoms. The Morgan fingerprint density at radius 1 is 1.15 bits per heavy atom. The third kappa shape index (κ3) is 5.06. The standard InChI is InChI=1S/C21H23FN2O3/c1-27-19-4-2-3-16(14-19)21(26)23-18-9-11-24(12-10-18)20(25)13-15-5-7-17(22)8-6-15/h2-8,14,18H,9-13H2,1H3,(H,23,26). The van der Waals surface area contributed by atoms with Crippen LogP contribution in [0.5, 0.6) is 5.75 Å². The SMILES string of the molecule is COc1cccc(C(=O)NC2CCN(C(=O)Cc3ccc(F)cc3)CC2)c1. The topological polar surface area (TPSA) is 58.6 Å². The Bertz CT molecular complexity index is 799. The average molecular weight is 370 g/mol. The van der Waals surface area contributed by atoms with Gasteiger partial charge in [0.05, 0.1) is 13.5 Å². The number of rotatable bonds is 5. The highest BCUT2D eigenvalue weighted by atomic mass is 19.1. The molecule has 0 aromatic heterocycles. The van der Waals surface area contributed by atoms with E-state index in [4.69, 9.17) is 4.74 Å². The van der Waals surface area contributed by atoms with Crippen LogP contribution in [0.4, 0.5) is 4.39 Å².